The molecule has 1 aliphatic rings. The maximum absolute atomic E-state index is 12.8. The predicted molar refractivity (Wildman–Crippen MR) is 112 cm³/mol. The molecule has 28 heavy (non-hydrogen) atoms. The number of nitrogens with two attached hydrogens (primary N) is 1. The Morgan fingerprint density at radius 3 is 2.43 bits per heavy atom. The smallest absolute Gasteiger partial charge is 0.291 e. The first-order valence-electron chi connectivity index (χ1n) is 9.35. The fourth-order valence-electron chi connectivity index (χ4n) is 3.67. The van der Waals surface area contributed by atoms with Crippen LogP contribution in [0.5, 0.6) is 0 Å². The molecule has 2 atom stereocenters. The van der Waals surface area contributed by atoms with Crippen LogP contribution in [0.4, 0.5) is 0 Å². The molecule has 1 aliphatic carbocycles. The van der Waals surface area contributed by atoms with Crippen LogP contribution in [0.25, 0.3) is 17.1 Å². The molecule has 1 heterocycles. The van der Waals surface area contributed by atoms with E-state index in [0.29, 0.717) is 18.3 Å². The number of carbonyl (C=O) groups is 1. The van der Waals surface area contributed by atoms with Gasteiger partial charge in [0.15, 0.2) is 5.82 Å². The zero-order valence-electron chi connectivity index (χ0n) is 15.5. The zero-order valence-corrected chi connectivity index (χ0v) is 16.3. The van der Waals surface area contributed by atoms with E-state index in [1.54, 1.807) is 4.68 Å². The Morgan fingerprint density at radius 2 is 1.75 bits per heavy atom. The van der Waals surface area contributed by atoms with Gasteiger partial charge >= 0.3 is 0 Å². The van der Waals surface area contributed by atoms with Crippen molar-refractivity contribution in [3.8, 4) is 17.1 Å². The normalized spacial score (nSPS) is 18.5. The van der Waals surface area contributed by atoms with Crippen molar-refractivity contribution >= 4 is 18.3 Å². The van der Waals surface area contributed by atoms with Crippen molar-refractivity contribution in [1.82, 2.24) is 20.1 Å². The van der Waals surface area contributed by atoms with Gasteiger partial charge in [0.1, 0.15) is 0 Å². The summed E-state index contributed by atoms with van der Waals surface area (Å²) >= 11 is 0. The average molecular weight is 398 g/mol. The molecule has 3 aromatic rings. The van der Waals surface area contributed by atoms with Crippen LogP contribution in [0.1, 0.15) is 29.9 Å². The SMILES string of the molecule is Cl.NCC1CCCC1NC(=O)c1nc(-c2ccccc2)n(-c2ccccc2)n1. The molecule has 0 aliphatic heterocycles. The first kappa shape index (κ1) is 20.0. The molecule has 1 aromatic heterocycles. The van der Waals surface area contributed by atoms with Crippen molar-refractivity contribution < 1.29 is 4.79 Å². The molecule has 0 saturated heterocycles. The second kappa shape index (κ2) is 8.99. The maximum Gasteiger partial charge on any atom is 0.291 e. The number of aromatic nitrogens is 3. The molecule has 2 aromatic carbocycles. The van der Waals surface area contributed by atoms with E-state index in [0.717, 1.165) is 30.5 Å². The summed E-state index contributed by atoms with van der Waals surface area (Å²) in [5.74, 6) is 0.917. The molecule has 146 valence electrons. The highest BCUT2D eigenvalue weighted by atomic mass is 35.5. The molecule has 1 amide bonds. The lowest BCUT2D eigenvalue weighted by molar-refractivity contribution is 0.0918. The van der Waals surface area contributed by atoms with Crippen LogP contribution >= 0.6 is 12.4 Å². The van der Waals surface area contributed by atoms with E-state index in [9.17, 15) is 4.79 Å². The molecule has 1 saturated carbocycles. The fourth-order valence-corrected chi connectivity index (χ4v) is 3.67. The van der Waals surface area contributed by atoms with Crippen LogP contribution in [0, 0.1) is 5.92 Å². The Hall–Kier alpha value is -2.70. The lowest BCUT2D eigenvalue weighted by atomic mass is 10.0. The lowest BCUT2D eigenvalue weighted by Crippen LogP contribution is -2.40. The molecule has 1 fully saturated rings. The Labute approximate surface area is 170 Å². The topological polar surface area (TPSA) is 85.8 Å². The summed E-state index contributed by atoms with van der Waals surface area (Å²) in [6.45, 7) is 0.589. The fraction of sp³-hybridized carbons (Fsp3) is 0.286. The molecule has 4 rings (SSSR count). The van der Waals surface area contributed by atoms with Crippen molar-refractivity contribution in [2.24, 2.45) is 11.7 Å². The van der Waals surface area contributed by atoms with E-state index < -0.39 is 0 Å². The standard InChI is InChI=1S/C21H23N5O.ClH/c22-14-16-10-7-13-18(16)23-21(27)19-24-20(15-8-3-1-4-9-15)26(25-19)17-11-5-2-6-12-17;/h1-6,8-9,11-12,16,18H,7,10,13-14,22H2,(H,23,27);1H. The number of para-hydroxylation sites is 1. The number of amides is 1. The van der Waals surface area contributed by atoms with Crippen molar-refractivity contribution in [3.05, 3.63) is 66.5 Å². The zero-order chi connectivity index (χ0) is 18.6. The van der Waals surface area contributed by atoms with E-state index in [1.165, 1.54) is 0 Å². The van der Waals surface area contributed by atoms with Crippen molar-refractivity contribution in [2.45, 2.75) is 25.3 Å². The Morgan fingerprint density at radius 1 is 1.07 bits per heavy atom. The van der Waals surface area contributed by atoms with E-state index in [1.807, 2.05) is 60.7 Å². The highest BCUT2D eigenvalue weighted by molar-refractivity contribution is 5.91. The Kier molecular flexibility index (Phi) is 6.44. The molecular weight excluding hydrogens is 374 g/mol. The van der Waals surface area contributed by atoms with E-state index >= 15 is 0 Å². The third-order valence-corrected chi connectivity index (χ3v) is 5.12. The summed E-state index contributed by atoms with van der Waals surface area (Å²) in [5.41, 5.74) is 7.61. The minimum absolute atomic E-state index is 0. The molecule has 0 radical (unpaired) electrons. The summed E-state index contributed by atoms with van der Waals surface area (Å²) in [4.78, 5) is 17.4. The Bertz CT molecular complexity index is 856. The van der Waals surface area contributed by atoms with Crippen molar-refractivity contribution in [1.29, 1.82) is 0 Å². The van der Waals surface area contributed by atoms with Crippen LogP contribution in [-0.4, -0.2) is 33.3 Å². The molecule has 0 bridgehead atoms. The highest BCUT2D eigenvalue weighted by Crippen LogP contribution is 2.25. The van der Waals surface area contributed by atoms with E-state index in [-0.39, 0.29) is 30.2 Å². The largest absolute Gasteiger partial charge is 0.346 e. The van der Waals surface area contributed by atoms with Gasteiger partial charge in [-0.2, -0.15) is 0 Å². The van der Waals surface area contributed by atoms with Gasteiger partial charge in [0, 0.05) is 11.6 Å². The van der Waals surface area contributed by atoms with Gasteiger partial charge in [-0.25, -0.2) is 9.67 Å². The number of carbonyl (C=O) groups excluding carboxylic acids is 1. The van der Waals surface area contributed by atoms with Gasteiger partial charge in [-0.15, -0.1) is 17.5 Å². The van der Waals surface area contributed by atoms with Gasteiger partial charge in [0.05, 0.1) is 5.69 Å². The second-order valence-electron chi connectivity index (χ2n) is 6.88. The van der Waals surface area contributed by atoms with Crippen molar-refractivity contribution in [3.63, 3.8) is 0 Å². The average Bonchev–Trinajstić information content (AvgIpc) is 3.36. The lowest BCUT2D eigenvalue weighted by Gasteiger charge is -2.18. The van der Waals surface area contributed by atoms with Gasteiger partial charge in [0.2, 0.25) is 5.82 Å². The highest BCUT2D eigenvalue weighted by Gasteiger charge is 2.29. The predicted octanol–water partition coefficient (Wildman–Crippen LogP) is 3.21. The first-order valence-corrected chi connectivity index (χ1v) is 9.35. The molecule has 6 nitrogen and oxygen atoms in total. The number of halogens is 1. The minimum Gasteiger partial charge on any atom is -0.346 e. The molecular formula is C21H24ClN5O. The van der Waals surface area contributed by atoms with Gasteiger partial charge in [-0.1, -0.05) is 55.0 Å². The maximum atomic E-state index is 12.8. The molecule has 0 spiro atoms. The van der Waals surface area contributed by atoms with Gasteiger partial charge in [0.25, 0.3) is 5.91 Å². The quantitative estimate of drug-likeness (QED) is 0.692. The van der Waals surface area contributed by atoms with Crippen LogP contribution in [0.3, 0.4) is 0 Å². The van der Waals surface area contributed by atoms with Gasteiger partial charge < -0.3 is 11.1 Å². The summed E-state index contributed by atoms with van der Waals surface area (Å²) < 4.78 is 1.72. The number of rotatable bonds is 5. The number of nitrogens with one attached hydrogen (secondary N) is 1. The first-order chi connectivity index (χ1) is 13.3. The number of benzene rings is 2. The number of nitrogens with zero attached hydrogens (tertiary/aromatic N) is 3. The van der Waals surface area contributed by atoms with Crippen LogP contribution in [0.15, 0.2) is 60.7 Å². The second-order valence-corrected chi connectivity index (χ2v) is 6.88. The summed E-state index contributed by atoms with van der Waals surface area (Å²) in [5, 5.41) is 7.59. The van der Waals surface area contributed by atoms with Crippen molar-refractivity contribution in [2.75, 3.05) is 6.54 Å². The van der Waals surface area contributed by atoms with Gasteiger partial charge in [-0.3, -0.25) is 4.79 Å². The third kappa shape index (κ3) is 4.08. The van der Waals surface area contributed by atoms with E-state index in [2.05, 4.69) is 15.4 Å². The molecule has 2 unspecified atom stereocenters. The number of hydrogen-bond acceptors (Lipinski definition) is 4. The van der Waals surface area contributed by atoms with Crippen LogP contribution < -0.4 is 11.1 Å². The van der Waals surface area contributed by atoms with Crippen LogP contribution in [0.2, 0.25) is 0 Å². The molecule has 7 heteroatoms. The number of hydrogen-bond donors (Lipinski definition) is 2. The van der Waals surface area contributed by atoms with E-state index in [4.69, 9.17) is 5.73 Å². The molecule has 3 N–H and O–H groups in total. The summed E-state index contributed by atoms with van der Waals surface area (Å²) in [7, 11) is 0. The van der Waals surface area contributed by atoms with Gasteiger partial charge in [-0.05, 0) is 37.4 Å². The minimum atomic E-state index is -0.243. The third-order valence-electron chi connectivity index (χ3n) is 5.12. The van der Waals surface area contributed by atoms with Crippen LogP contribution in [-0.2, 0) is 0 Å². The summed E-state index contributed by atoms with van der Waals surface area (Å²) in [6.07, 6.45) is 3.11. The monoisotopic (exact) mass is 397 g/mol. The summed E-state index contributed by atoms with van der Waals surface area (Å²) in [6, 6.07) is 19.6. The Balaban J connectivity index is 0.00000225.